The first kappa shape index (κ1) is 67.8. The molecule has 25 N–H and O–H groups in total. The zero-order valence-electron chi connectivity index (χ0n) is 53.6. The number of hydrogen-bond acceptors (Lipinski definition) is 30. The summed E-state index contributed by atoms with van der Waals surface area (Å²) >= 11 is 0. The Morgan fingerprint density at radius 3 is 0.895 bits per heavy atom. The van der Waals surface area contributed by atoms with Crippen molar-refractivity contribution in [2.24, 2.45) is 0 Å². The van der Waals surface area contributed by atoms with Crippen LogP contribution in [0.15, 0.2) is 127 Å². The van der Waals surface area contributed by atoms with Crippen LogP contribution in [0.5, 0.6) is 144 Å². The third-order valence-electron chi connectivity index (χ3n) is 20.2. The van der Waals surface area contributed by atoms with Crippen molar-refractivity contribution in [3.05, 3.63) is 205 Å². The summed E-state index contributed by atoms with van der Waals surface area (Å²) < 4.78 is 31.7. The molecule has 30 nitrogen and oxygen atoms in total. The van der Waals surface area contributed by atoms with Crippen molar-refractivity contribution in [3.8, 4) is 144 Å². The van der Waals surface area contributed by atoms with Gasteiger partial charge in [0.1, 0.15) is 117 Å². The van der Waals surface area contributed by atoms with Crippen molar-refractivity contribution in [1.82, 2.24) is 0 Å². The fraction of sp³-hybridized carbons (Fsp3) is 0.200. The number of ether oxygens (including phenoxy) is 5. The van der Waals surface area contributed by atoms with Gasteiger partial charge in [-0.15, -0.1) is 0 Å². The predicted octanol–water partition coefficient (Wildman–Crippen LogP) is 7.34. The van der Waals surface area contributed by atoms with Gasteiger partial charge in [0.2, 0.25) is 0 Å². The average molecular weight is 1440 g/mol. The van der Waals surface area contributed by atoms with Crippen LogP contribution in [-0.4, -0.2) is 158 Å². The van der Waals surface area contributed by atoms with Gasteiger partial charge in [-0.05, 0) is 88.5 Å². The highest BCUT2D eigenvalue weighted by Crippen LogP contribution is 2.66. The monoisotopic (exact) mass is 1440 g/mol. The van der Waals surface area contributed by atoms with E-state index in [0.29, 0.717) is 6.07 Å². The first-order valence-electron chi connectivity index (χ1n) is 32.1. The first-order valence-corrected chi connectivity index (χ1v) is 32.1. The summed E-state index contributed by atoms with van der Waals surface area (Å²) in [4.78, 5) is 0. The van der Waals surface area contributed by atoms with Crippen LogP contribution in [0, 0.1) is 0 Å². The maximum Gasteiger partial charge on any atom is 0.157 e. The molecule has 0 aliphatic carbocycles. The molecule has 30 heteroatoms. The van der Waals surface area contributed by atoms with Crippen LogP contribution in [-0.2, 0) is 6.42 Å². The Labute approximate surface area is 589 Å². The van der Waals surface area contributed by atoms with Crippen LogP contribution in [0.2, 0.25) is 0 Å². The van der Waals surface area contributed by atoms with E-state index >= 15 is 0 Å². The molecule has 0 aromatic heterocycles. The number of phenols is 20. The molecular weight excluding hydrogens is 1380 g/mol. The molecule has 0 radical (unpaired) electrons. The number of hydrogen-bond donors (Lipinski definition) is 25. The zero-order chi connectivity index (χ0) is 74.7. The topological polar surface area (TPSA) is 552 Å². The van der Waals surface area contributed by atoms with E-state index in [2.05, 4.69) is 0 Å². The van der Waals surface area contributed by atoms with Crippen molar-refractivity contribution in [1.29, 1.82) is 0 Å². The summed E-state index contributed by atoms with van der Waals surface area (Å²) in [6.45, 7) is 0. The molecule has 0 saturated heterocycles. The third-order valence-corrected chi connectivity index (χ3v) is 20.2. The van der Waals surface area contributed by atoms with Gasteiger partial charge in [0.15, 0.2) is 81.9 Å². The summed E-state index contributed by atoms with van der Waals surface area (Å²) in [6, 6.07) is 21.5. The minimum atomic E-state index is -2.31. The Balaban J connectivity index is 0.964. The van der Waals surface area contributed by atoms with Crippen LogP contribution >= 0.6 is 0 Å². The van der Waals surface area contributed by atoms with E-state index in [1.807, 2.05) is 0 Å². The number of benzene rings is 10. The van der Waals surface area contributed by atoms with Gasteiger partial charge in [-0.3, -0.25) is 0 Å². The molecule has 0 saturated carbocycles. The highest BCUT2D eigenvalue weighted by atomic mass is 16.5. The largest absolute Gasteiger partial charge is 0.508 e. The average Bonchev–Trinajstić information content (AvgIpc) is 0.712. The molecule has 0 amide bonds. The maximum atomic E-state index is 13.4. The summed E-state index contributed by atoms with van der Waals surface area (Å²) in [5.41, 5.74) is -5.89. The van der Waals surface area contributed by atoms with Crippen molar-refractivity contribution >= 4 is 0 Å². The lowest BCUT2D eigenvalue weighted by molar-refractivity contribution is -0.00457. The second-order valence-corrected chi connectivity index (χ2v) is 26.3. The number of aliphatic hydroxyl groups excluding tert-OH is 5. The van der Waals surface area contributed by atoms with Crippen LogP contribution in [0.4, 0.5) is 0 Å². The van der Waals surface area contributed by atoms with Gasteiger partial charge in [-0.25, -0.2) is 0 Å². The summed E-state index contributed by atoms with van der Waals surface area (Å²) in [6.07, 6.45) is -19.4. The number of fused-ring (bicyclic) bond motifs is 5. The predicted molar refractivity (Wildman–Crippen MR) is 356 cm³/mol. The molecule has 0 bridgehead atoms. The molecule has 105 heavy (non-hydrogen) atoms. The van der Waals surface area contributed by atoms with Crippen LogP contribution in [0.1, 0.15) is 132 Å². The van der Waals surface area contributed by atoms with Gasteiger partial charge in [-0.1, -0.05) is 30.3 Å². The van der Waals surface area contributed by atoms with Crippen molar-refractivity contribution in [3.63, 3.8) is 0 Å². The number of rotatable bonds is 9. The van der Waals surface area contributed by atoms with Crippen LogP contribution in [0.25, 0.3) is 0 Å². The Hall–Kier alpha value is -13.0. The van der Waals surface area contributed by atoms with Crippen molar-refractivity contribution in [2.75, 3.05) is 0 Å². The van der Waals surface area contributed by atoms with E-state index in [0.717, 1.165) is 97.1 Å². The normalized spacial score (nSPS) is 24.2. The highest BCUT2D eigenvalue weighted by molar-refractivity contribution is 5.75. The molecule has 542 valence electrons. The number of aliphatic hydroxyl groups is 5. The fourth-order valence-corrected chi connectivity index (χ4v) is 15.4. The van der Waals surface area contributed by atoms with Gasteiger partial charge < -0.3 is 151 Å². The van der Waals surface area contributed by atoms with Crippen LogP contribution in [0.3, 0.4) is 0 Å². The highest BCUT2D eigenvalue weighted by Gasteiger charge is 2.54. The SMILES string of the molecule is Oc1cc(O)c2c(c1)OC(c1ccc(O)c(O)c1)C(O)C2c1c(O)cc2c(c1O)C(c1c(O)cc(O)c3c1OC(c1ccc(O)c(O)c1)C(O)C3c1c(O)cc3c(c1O)C(c1c(O)cc4c(c1O)CC(O)C(c1ccc(O)c(O)c1)O4)C(O)C(c1ccc(O)c(O)c1)O3)C(O)C(c1ccc(O)c(O)c1)O2. The molecule has 0 spiro atoms. The fourth-order valence-electron chi connectivity index (χ4n) is 15.4. The Bertz CT molecular complexity index is 5270. The van der Waals surface area contributed by atoms with Crippen molar-refractivity contribution in [2.45, 2.75) is 91.1 Å². The van der Waals surface area contributed by atoms with Gasteiger partial charge in [0, 0.05) is 92.9 Å². The second-order valence-electron chi connectivity index (χ2n) is 26.3. The smallest absolute Gasteiger partial charge is 0.157 e. The number of aromatic hydroxyl groups is 20. The molecule has 10 aromatic rings. The Morgan fingerprint density at radius 1 is 0.229 bits per heavy atom. The van der Waals surface area contributed by atoms with E-state index < -0.39 is 268 Å². The second kappa shape index (κ2) is 24.6. The quantitative estimate of drug-likeness (QED) is 0.0628. The molecule has 14 atom stereocenters. The number of phenolic OH excluding ortho intramolecular Hbond substituents is 20. The van der Waals surface area contributed by atoms with Gasteiger partial charge in [0.05, 0.1) is 29.8 Å². The maximum absolute atomic E-state index is 13.4. The molecule has 0 fully saturated rings. The molecular formula is C75H62O30. The lowest BCUT2D eigenvalue weighted by atomic mass is 9.71. The summed E-state index contributed by atoms with van der Waals surface area (Å²) in [5, 5.41) is 294. The van der Waals surface area contributed by atoms with E-state index in [1.165, 1.54) is 24.3 Å². The molecule has 15 rings (SSSR count). The lowest BCUT2D eigenvalue weighted by Gasteiger charge is -2.43. The van der Waals surface area contributed by atoms with Gasteiger partial charge in [0.25, 0.3) is 0 Å². The Kier molecular flexibility index (Phi) is 15.9. The minimum absolute atomic E-state index is 0.0542. The Morgan fingerprint density at radius 2 is 0.514 bits per heavy atom. The lowest BCUT2D eigenvalue weighted by Crippen LogP contribution is -2.39. The van der Waals surface area contributed by atoms with E-state index in [-0.39, 0.29) is 44.9 Å². The summed E-state index contributed by atoms with van der Waals surface area (Å²) in [7, 11) is 0. The van der Waals surface area contributed by atoms with E-state index in [4.69, 9.17) is 23.7 Å². The van der Waals surface area contributed by atoms with Gasteiger partial charge in [-0.2, -0.15) is 0 Å². The van der Waals surface area contributed by atoms with Crippen LogP contribution < -0.4 is 23.7 Å². The van der Waals surface area contributed by atoms with E-state index in [1.54, 1.807) is 0 Å². The molecule has 10 aromatic carbocycles. The standard InChI is InChI=1S/C75H62O30/c76-28-16-40(87)51-48(17-28)102-71(24-2-7-31(78)36(83)12-24)66(97)59(51)53-44(91)21-50-58(64(53)95)62(69(100)73(104-50)26-4-9-33(80)38(85)14-26)56-42(89)19-41(88)55-60(67(98)74(105-75(55)56)27-5-10-34(81)39(86)15-27)54-45(92)22-49-57(65(54)96)61(68(99)72(103-49)25-3-8-32(79)37(84)13-25)52-43(90)20-47-29(63(52)94)18-46(93)70(101-47)23-1-6-30(77)35(82)11-23/h1-17,19-22,46,59-62,66-74,76-100H,18H2. The van der Waals surface area contributed by atoms with Gasteiger partial charge >= 0.3 is 0 Å². The first-order chi connectivity index (χ1) is 49.9. The molecule has 14 unspecified atom stereocenters. The minimum Gasteiger partial charge on any atom is -0.508 e. The van der Waals surface area contributed by atoms with Crippen molar-refractivity contribution < 1.29 is 151 Å². The zero-order valence-corrected chi connectivity index (χ0v) is 53.6. The molecule has 5 aliphatic rings. The third kappa shape index (κ3) is 10.7. The molecule has 5 heterocycles. The summed E-state index contributed by atoms with van der Waals surface area (Å²) in [5.74, 6) is -27.0. The molecule has 5 aliphatic heterocycles. The van der Waals surface area contributed by atoms with E-state index in [9.17, 15) is 128 Å².